The van der Waals surface area contributed by atoms with E-state index >= 15 is 0 Å². The van der Waals surface area contributed by atoms with Crippen LogP contribution in [0.5, 0.6) is 0 Å². The normalized spacial score (nSPS) is 14.8. The number of aliphatic hydroxyl groups excluding tert-OH is 1. The maximum atomic E-state index is 9.74. The van der Waals surface area contributed by atoms with Crippen LogP contribution in [0.15, 0.2) is 52.3 Å². The first-order valence-corrected chi connectivity index (χ1v) is 7.36. The van der Waals surface area contributed by atoms with Gasteiger partial charge in [0.2, 0.25) is 0 Å². The molecule has 1 atom stereocenters. The van der Waals surface area contributed by atoms with E-state index in [4.69, 9.17) is 11.6 Å². The summed E-state index contributed by atoms with van der Waals surface area (Å²) >= 11 is 7.85. The molecule has 2 aromatic carbocycles. The van der Waals surface area contributed by atoms with Crippen molar-refractivity contribution in [1.82, 2.24) is 0 Å². The number of β-amino-alcohol motifs (C(OH)–C–C–N with tert-alkyl or cyclic N) is 1. The van der Waals surface area contributed by atoms with Crippen molar-refractivity contribution >= 4 is 34.7 Å². The Balaban J connectivity index is 2.13. The Morgan fingerprint density at radius 3 is 2.68 bits per heavy atom. The van der Waals surface area contributed by atoms with Gasteiger partial charge in [-0.3, -0.25) is 0 Å². The molecule has 1 N–H and O–H groups in total. The van der Waals surface area contributed by atoms with Gasteiger partial charge in [-0.25, -0.2) is 0 Å². The van der Waals surface area contributed by atoms with Crippen LogP contribution < -0.4 is 4.90 Å². The van der Waals surface area contributed by atoms with Crippen LogP contribution in [0.25, 0.3) is 0 Å². The molecule has 0 aliphatic carbocycles. The van der Waals surface area contributed by atoms with Crippen molar-refractivity contribution in [3.05, 3.63) is 47.5 Å². The van der Waals surface area contributed by atoms with Crippen LogP contribution in [0.1, 0.15) is 6.92 Å². The maximum absolute atomic E-state index is 9.74. The van der Waals surface area contributed by atoms with Crippen molar-refractivity contribution < 1.29 is 5.11 Å². The lowest BCUT2D eigenvalue weighted by Gasteiger charge is -2.33. The first-order valence-electron chi connectivity index (χ1n) is 6.17. The van der Waals surface area contributed by atoms with Crippen LogP contribution in [-0.2, 0) is 0 Å². The molecular weight excluding hydrogens is 278 g/mol. The van der Waals surface area contributed by atoms with Gasteiger partial charge in [-0.05, 0) is 37.3 Å². The highest BCUT2D eigenvalue weighted by molar-refractivity contribution is 7.99. The molecule has 98 valence electrons. The number of hydrogen-bond acceptors (Lipinski definition) is 3. The minimum Gasteiger partial charge on any atom is -0.392 e. The molecule has 1 aliphatic rings. The van der Waals surface area contributed by atoms with Gasteiger partial charge in [0, 0.05) is 21.4 Å². The zero-order valence-corrected chi connectivity index (χ0v) is 12.1. The maximum Gasteiger partial charge on any atom is 0.0691 e. The van der Waals surface area contributed by atoms with Gasteiger partial charge in [0.1, 0.15) is 0 Å². The van der Waals surface area contributed by atoms with Crippen molar-refractivity contribution in [2.24, 2.45) is 0 Å². The summed E-state index contributed by atoms with van der Waals surface area (Å²) in [6, 6.07) is 14.1. The Bertz CT molecular complexity index is 615. The number of aliphatic hydroxyl groups is 1. The molecule has 4 heteroatoms. The number of hydrogen-bond donors (Lipinski definition) is 1. The minimum atomic E-state index is -0.400. The molecule has 3 rings (SSSR count). The van der Waals surface area contributed by atoms with E-state index in [0.29, 0.717) is 11.6 Å². The van der Waals surface area contributed by atoms with E-state index in [0.717, 1.165) is 11.4 Å². The number of nitrogens with zero attached hydrogens (tertiary/aromatic N) is 1. The summed E-state index contributed by atoms with van der Waals surface area (Å²) < 4.78 is 0. The number of anilines is 2. The van der Waals surface area contributed by atoms with Gasteiger partial charge in [-0.15, -0.1) is 0 Å². The molecule has 19 heavy (non-hydrogen) atoms. The molecule has 2 nitrogen and oxygen atoms in total. The van der Waals surface area contributed by atoms with Crippen molar-refractivity contribution in [1.29, 1.82) is 0 Å². The highest BCUT2D eigenvalue weighted by Gasteiger charge is 2.24. The van der Waals surface area contributed by atoms with Crippen LogP contribution in [0.3, 0.4) is 0 Å². The quantitative estimate of drug-likeness (QED) is 0.891. The van der Waals surface area contributed by atoms with E-state index in [2.05, 4.69) is 17.0 Å². The Kier molecular flexibility index (Phi) is 3.44. The Labute approximate surface area is 122 Å². The molecule has 1 heterocycles. The molecule has 0 aromatic heterocycles. The number of benzene rings is 2. The second-order valence-electron chi connectivity index (χ2n) is 4.64. The minimum absolute atomic E-state index is 0.400. The fraction of sp³-hybridized carbons (Fsp3) is 0.200. The molecule has 1 unspecified atom stereocenters. The summed E-state index contributed by atoms with van der Waals surface area (Å²) in [6.07, 6.45) is -0.400. The highest BCUT2D eigenvalue weighted by Crippen LogP contribution is 2.48. The van der Waals surface area contributed by atoms with E-state index in [9.17, 15) is 5.11 Å². The van der Waals surface area contributed by atoms with Crippen molar-refractivity contribution in [2.75, 3.05) is 11.4 Å². The molecule has 2 aromatic rings. The van der Waals surface area contributed by atoms with Crippen molar-refractivity contribution in [2.45, 2.75) is 22.8 Å². The number of fused-ring (bicyclic) bond motifs is 2. The number of rotatable bonds is 2. The van der Waals surface area contributed by atoms with Gasteiger partial charge in [0.25, 0.3) is 0 Å². The first kappa shape index (κ1) is 12.9. The molecule has 0 saturated heterocycles. The summed E-state index contributed by atoms with van der Waals surface area (Å²) in [5, 5.41) is 10.5. The zero-order valence-electron chi connectivity index (χ0n) is 10.5. The summed E-state index contributed by atoms with van der Waals surface area (Å²) in [7, 11) is 0. The topological polar surface area (TPSA) is 23.5 Å². The average molecular weight is 292 g/mol. The Morgan fingerprint density at radius 1 is 1.16 bits per heavy atom. The van der Waals surface area contributed by atoms with Crippen LogP contribution in [0.2, 0.25) is 5.02 Å². The standard InChI is InChI=1S/C15H14ClNOS/c1-10(18)9-17-12-4-2-3-5-14(12)19-15-7-6-11(16)8-13(15)17/h2-8,10,18H,9H2,1H3. The van der Waals surface area contributed by atoms with Gasteiger partial charge in [-0.1, -0.05) is 35.5 Å². The fourth-order valence-corrected chi connectivity index (χ4v) is 3.51. The molecule has 0 saturated carbocycles. The lowest BCUT2D eigenvalue weighted by atomic mass is 10.2. The summed E-state index contributed by atoms with van der Waals surface area (Å²) in [6.45, 7) is 2.36. The van der Waals surface area contributed by atoms with Crippen LogP contribution in [0, 0.1) is 0 Å². The van der Waals surface area contributed by atoms with E-state index in [1.165, 1.54) is 9.79 Å². The van der Waals surface area contributed by atoms with Gasteiger partial charge >= 0.3 is 0 Å². The summed E-state index contributed by atoms with van der Waals surface area (Å²) in [5.74, 6) is 0. The molecule has 0 amide bonds. The predicted octanol–water partition coefficient (Wildman–Crippen LogP) is 4.32. The van der Waals surface area contributed by atoms with Gasteiger partial charge < -0.3 is 10.0 Å². The monoisotopic (exact) mass is 291 g/mol. The molecular formula is C15H14ClNOS. The number of halogens is 1. The third-order valence-electron chi connectivity index (χ3n) is 3.03. The predicted molar refractivity (Wildman–Crippen MR) is 80.7 cm³/mol. The molecule has 0 spiro atoms. The van der Waals surface area contributed by atoms with Gasteiger partial charge in [0.15, 0.2) is 0 Å². The smallest absolute Gasteiger partial charge is 0.0691 e. The van der Waals surface area contributed by atoms with E-state index in [1.54, 1.807) is 18.7 Å². The largest absolute Gasteiger partial charge is 0.392 e. The van der Waals surface area contributed by atoms with Crippen LogP contribution in [-0.4, -0.2) is 17.8 Å². The van der Waals surface area contributed by atoms with Gasteiger partial charge in [-0.2, -0.15) is 0 Å². The SMILES string of the molecule is CC(O)CN1c2ccccc2Sc2ccc(Cl)cc21. The summed E-state index contributed by atoms with van der Waals surface area (Å²) in [5.41, 5.74) is 2.19. The summed E-state index contributed by atoms with van der Waals surface area (Å²) in [4.78, 5) is 4.51. The van der Waals surface area contributed by atoms with E-state index in [-0.39, 0.29) is 0 Å². The lowest BCUT2D eigenvalue weighted by Crippen LogP contribution is -2.28. The second kappa shape index (κ2) is 5.08. The fourth-order valence-electron chi connectivity index (χ4n) is 2.26. The number of para-hydroxylation sites is 1. The van der Waals surface area contributed by atoms with Crippen LogP contribution in [0.4, 0.5) is 11.4 Å². The van der Waals surface area contributed by atoms with Crippen molar-refractivity contribution in [3.63, 3.8) is 0 Å². The Hall–Kier alpha value is -1.16. The highest BCUT2D eigenvalue weighted by atomic mass is 35.5. The van der Waals surface area contributed by atoms with Gasteiger partial charge in [0.05, 0.1) is 17.5 Å². The zero-order chi connectivity index (χ0) is 13.4. The third-order valence-corrected chi connectivity index (χ3v) is 4.40. The lowest BCUT2D eigenvalue weighted by molar-refractivity contribution is 0.203. The van der Waals surface area contributed by atoms with E-state index < -0.39 is 6.10 Å². The van der Waals surface area contributed by atoms with E-state index in [1.807, 2.05) is 30.3 Å². The molecule has 0 fully saturated rings. The molecule has 0 radical (unpaired) electrons. The van der Waals surface area contributed by atoms with Crippen LogP contribution >= 0.6 is 23.4 Å². The third kappa shape index (κ3) is 2.46. The first-order chi connectivity index (χ1) is 9.15. The second-order valence-corrected chi connectivity index (χ2v) is 6.16. The Morgan fingerprint density at radius 2 is 1.89 bits per heavy atom. The van der Waals surface area contributed by atoms with Crippen molar-refractivity contribution in [3.8, 4) is 0 Å². The molecule has 0 bridgehead atoms. The average Bonchev–Trinajstić information content (AvgIpc) is 2.39. The molecule has 1 aliphatic heterocycles.